The third-order valence-electron chi connectivity index (χ3n) is 4.13. The minimum absolute atomic E-state index is 0.156. The first-order valence-electron chi connectivity index (χ1n) is 6.79. The van der Waals surface area contributed by atoms with E-state index in [1.165, 1.54) is 5.69 Å². The molecule has 3 nitrogen and oxygen atoms in total. The van der Waals surface area contributed by atoms with Crippen LogP contribution in [0.25, 0.3) is 5.69 Å². The Labute approximate surface area is 132 Å². The maximum atomic E-state index is 6.14. The largest absolute Gasteiger partial charge is 0.317 e. The molecule has 1 fully saturated rings. The number of aromatic nitrogens is 2. The Morgan fingerprint density at radius 3 is 2.85 bits per heavy atom. The van der Waals surface area contributed by atoms with Crippen LogP contribution in [-0.2, 0) is 5.41 Å². The molecule has 106 valence electrons. The highest BCUT2D eigenvalue weighted by atomic mass is 79.9. The van der Waals surface area contributed by atoms with Crippen molar-refractivity contribution in [2.24, 2.45) is 0 Å². The topological polar surface area (TPSA) is 29.9 Å². The molecule has 0 spiro atoms. The number of imidazole rings is 1. The van der Waals surface area contributed by atoms with E-state index in [1.807, 2.05) is 30.7 Å². The van der Waals surface area contributed by atoms with E-state index in [1.54, 1.807) is 0 Å². The van der Waals surface area contributed by atoms with E-state index >= 15 is 0 Å². The van der Waals surface area contributed by atoms with Crippen molar-refractivity contribution in [1.82, 2.24) is 14.9 Å². The number of nitrogens with zero attached hydrogens (tertiary/aromatic N) is 2. The molecular weight excluding hydrogens is 338 g/mol. The molecule has 1 aliphatic heterocycles. The van der Waals surface area contributed by atoms with Crippen molar-refractivity contribution in [1.29, 1.82) is 0 Å². The summed E-state index contributed by atoms with van der Waals surface area (Å²) in [6.45, 7) is 4.43. The third kappa shape index (κ3) is 2.52. The van der Waals surface area contributed by atoms with E-state index in [4.69, 9.17) is 11.6 Å². The first-order chi connectivity index (χ1) is 9.60. The number of hydrogen-bond donors (Lipinski definition) is 1. The van der Waals surface area contributed by atoms with Crippen LogP contribution < -0.4 is 5.32 Å². The highest BCUT2D eigenvalue weighted by Crippen LogP contribution is 2.35. The fraction of sp³-hybridized carbons (Fsp3) is 0.400. The van der Waals surface area contributed by atoms with E-state index < -0.39 is 0 Å². The lowest BCUT2D eigenvalue weighted by atomic mass is 9.78. The Morgan fingerprint density at radius 2 is 2.10 bits per heavy atom. The highest BCUT2D eigenvalue weighted by Gasteiger charge is 2.32. The van der Waals surface area contributed by atoms with E-state index in [2.05, 4.69) is 37.7 Å². The zero-order valence-corrected chi connectivity index (χ0v) is 13.7. The van der Waals surface area contributed by atoms with Gasteiger partial charge in [0.25, 0.3) is 0 Å². The van der Waals surface area contributed by atoms with Gasteiger partial charge < -0.3 is 9.88 Å². The van der Waals surface area contributed by atoms with Crippen LogP contribution in [0.4, 0.5) is 0 Å². The van der Waals surface area contributed by atoms with Gasteiger partial charge in [0.15, 0.2) is 0 Å². The zero-order valence-electron chi connectivity index (χ0n) is 11.4. The Bertz CT molecular complexity index is 617. The molecule has 1 N–H and O–H groups in total. The predicted octanol–water partition coefficient (Wildman–Crippen LogP) is 3.93. The standard InChI is InChI=1S/C15H17BrClN3/c1-15(4-6-18-7-5-15)14-9-19-10-20(14)13-8-11(17)2-3-12(13)16/h2-3,8-10,18H,4-7H2,1H3. The highest BCUT2D eigenvalue weighted by molar-refractivity contribution is 9.10. The smallest absolute Gasteiger partial charge is 0.0994 e. The van der Waals surface area contributed by atoms with Gasteiger partial charge in [-0.3, -0.25) is 0 Å². The number of halogens is 2. The fourth-order valence-corrected chi connectivity index (χ4v) is 3.44. The summed E-state index contributed by atoms with van der Waals surface area (Å²) in [5.41, 5.74) is 2.45. The number of rotatable bonds is 2. The molecule has 0 atom stereocenters. The van der Waals surface area contributed by atoms with E-state index in [9.17, 15) is 0 Å². The average Bonchev–Trinajstić information content (AvgIpc) is 2.92. The Kier molecular flexibility index (Phi) is 3.89. The van der Waals surface area contributed by atoms with Gasteiger partial charge in [-0.25, -0.2) is 4.98 Å². The minimum atomic E-state index is 0.156. The molecule has 0 amide bonds. The van der Waals surface area contributed by atoms with E-state index in [0.29, 0.717) is 0 Å². The van der Waals surface area contributed by atoms with Gasteiger partial charge in [0.1, 0.15) is 0 Å². The molecule has 0 aliphatic carbocycles. The van der Waals surface area contributed by atoms with Crippen molar-refractivity contribution in [3.63, 3.8) is 0 Å². The molecule has 0 bridgehead atoms. The molecule has 1 aromatic heterocycles. The number of benzene rings is 1. The third-order valence-corrected chi connectivity index (χ3v) is 5.04. The van der Waals surface area contributed by atoms with Crippen molar-refractivity contribution in [2.75, 3.05) is 13.1 Å². The van der Waals surface area contributed by atoms with Gasteiger partial charge in [0, 0.05) is 26.8 Å². The van der Waals surface area contributed by atoms with Gasteiger partial charge >= 0.3 is 0 Å². The van der Waals surface area contributed by atoms with Gasteiger partial charge in [-0.05, 0) is 60.1 Å². The van der Waals surface area contributed by atoms with Crippen molar-refractivity contribution < 1.29 is 0 Å². The second-order valence-corrected chi connectivity index (χ2v) is 6.85. The van der Waals surface area contributed by atoms with Crippen LogP contribution in [0.1, 0.15) is 25.5 Å². The first kappa shape index (κ1) is 14.1. The lowest BCUT2D eigenvalue weighted by molar-refractivity contribution is 0.324. The van der Waals surface area contributed by atoms with Crippen molar-refractivity contribution >= 4 is 27.5 Å². The molecule has 0 unspecified atom stereocenters. The zero-order chi connectivity index (χ0) is 14.2. The molecule has 1 aromatic carbocycles. The molecule has 2 heterocycles. The van der Waals surface area contributed by atoms with Gasteiger partial charge in [-0.2, -0.15) is 0 Å². The van der Waals surface area contributed by atoms with Crippen LogP contribution in [0, 0.1) is 0 Å². The maximum absolute atomic E-state index is 6.14. The monoisotopic (exact) mass is 353 g/mol. The van der Waals surface area contributed by atoms with E-state index in [-0.39, 0.29) is 5.41 Å². The number of hydrogen-bond acceptors (Lipinski definition) is 2. The lowest BCUT2D eigenvalue weighted by Gasteiger charge is -2.34. The van der Waals surface area contributed by atoms with E-state index in [0.717, 1.165) is 41.1 Å². The van der Waals surface area contributed by atoms with Gasteiger partial charge in [0.05, 0.1) is 12.0 Å². The second-order valence-electron chi connectivity index (χ2n) is 5.56. The quantitative estimate of drug-likeness (QED) is 0.885. The fourth-order valence-electron chi connectivity index (χ4n) is 2.84. The Hall–Kier alpha value is -0.840. The molecule has 1 saturated heterocycles. The van der Waals surface area contributed by atoms with Crippen molar-refractivity contribution in [3.8, 4) is 5.69 Å². The molecule has 1 aliphatic rings. The predicted molar refractivity (Wildman–Crippen MR) is 85.7 cm³/mol. The lowest BCUT2D eigenvalue weighted by Crippen LogP contribution is -2.38. The molecular formula is C15H17BrClN3. The van der Waals surface area contributed by atoms with Gasteiger partial charge in [0.2, 0.25) is 0 Å². The second kappa shape index (κ2) is 5.51. The van der Waals surface area contributed by atoms with Crippen LogP contribution in [0.15, 0.2) is 35.2 Å². The van der Waals surface area contributed by atoms with Gasteiger partial charge in [-0.1, -0.05) is 18.5 Å². The summed E-state index contributed by atoms with van der Waals surface area (Å²) in [5.74, 6) is 0. The molecule has 0 radical (unpaired) electrons. The summed E-state index contributed by atoms with van der Waals surface area (Å²) in [6.07, 6.45) is 6.10. The summed E-state index contributed by atoms with van der Waals surface area (Å²) in [6, 6.07) is 5.84. The SMILES string of the molecule is CC1(c2cncn2-c2cc(Cl)ccc2Br)CCNCC1. The van der Waals surface area contributed by atoms with Crippen LogP contribution in [0.2, 0.25) is 5.02 Å². The Morgan fingerprint density at radius 1 is 1.35 bits per heavy atom. The minimum Gasteiger partial charge on any atom is -0.317 e. The van der Waals surface area contributed by atoms with Crippen LogP contribution in [0.5, 0.6) is 0 Å². The number of piperidine rings is 1. The summed E-state index contributed by atoms with van der Waals surface area (Å²) < 4.78 is 3.18. The maximum Gasteiger partial charge on any atom is 0.0994 e. The average molecular weight is 355 g/mol. The molecule has 2 aromatic rings. The Balaban J connectivity index is 2.08. The molecule has 20 heavy (non-hydrogen) atoms. The summed E-state index contributed by atoms with van der Waals surface area (Å²) in [7, 11) is 0. The molecule has 5 heteroatoms. The summed E-state index contributed by atoms with van der Waals surface area (Å²) >= 11 is 9.75. The van der Waals surface area contributed by atoms with Gasteiger partial charge in [-0.15, -0.1) is 0 Å². The molecule has 3 rings (SSSR count). The van der Waals surface area contributed by atoms with Crippen molar-refractivity contribution in [2.45, 2.75) is 25.2 Å². The summed E-state index contributed by atoms with van der Waals surface area (Å²) in [5, 5.41) is 4.16. The van der Waals surface area contributed by atoms with Crippen molar-refractivity contribution in [3.05, 3.63) is 45.9 Å². The van der Waals surface area contributed by atoms with Crippen LogP contribution in [-0.4, -0.2) is 22.6 Å². The van der Waals surface area contributed by atoms with Crippen LogP contribution >= 0.6 is 27.5 Å². The van der Waals surface area contributed by atoms with Crippen LogP contribution in [0.3, 0.4) is 0 Å². The molecule has 0 saturated carbocycles. The summed E-state index contributed by atoms with van der Waals surface area (Å²) in [4.78, 5) is 4.37. The normalized spacial score (nSPS) is 18.1. The first-order valence-corrected chi connectivity index (χ1v) is 7.96. The number of nitrogens with one attached hydrogen (secondary N) is 1.